The third-order valence-corrected chi connectivity index (χ3v) is 4.75. The summed E-state index contributed by atoms with van der Waals surface area (Å²) >= 11 is 0. The van der Waals surface area contributed by atoms with E-state index in [9.17, 15) is 5.11 Å². The molecule has 0 radical (unpaired) electrons. The second-order valence-electron chi connectivity index (χ2n) is 5.94. The topological polar surface area (TPSA) is 46.2 Å². The highest BCUT2D eigenvalue weighted by molar-refractivity contribution is 4.95. The Kier molecular flexibility index (Phi) is 4.26. The molecular formula is C14H27NO. The van der Waals surface area contributed by atoms with Crippen LogP contribution in [0.5, 0.6) is 0 Å². The fourth-order valence-corrected chi connectivity index (χ4v) is 3.61. The van der Waals surface area contributed by atoms with E-state index in [4.69, 9.17) is 5.73 Å². The third kappa shape index (κ3) is 2.78. The van der Waals surface area contributed by atoms with E-state index in [1.165, 1.54) is 44.9 Å². The van der Waals surface area contributed by atoms with Gasteiger partial charge in [-0.3, -0.25) is 0 Å². The minimum atomic E-state index is -0.546. The van der Waals surface area contributed by atoms with Crippen molar-refractivity contribution in [1.29, 1.82) is 0 Å². The van der Waals surface area contributed by atoms with Crippen LogP contribution in [-0.2, 0) is 0 Å². The Morgan fingerprint density at radius 1 is 0.875 bits per heavy atom. The molecule has 1 atom stereocenters. The molecule has 0 saturated heterocycles. The van der Waals surface area contributed by atoms with Crippen molar-refractivity contribution in [2.45, 2.75) is 82.3 Å². The Morgan fingerprint density at radius 2 is 1.38 bits per heavy atom. The van der Waals surface area contributed by atoms with Crippen molar-refractivity contribution >= 4 is 0 Å². The van der Waals surface area contributed by atoms with Gasteiger partial charge in [0.05, 0.1) is 5.60 Å². The third-order valence-electron chi connectivity index (χ3n) is 4.75. The average molecular weight is 225 g/mol. The molecule has 0 amide bonds. The van der Waals surface area contributed by atoms with Crippen LogP contribution >= 0.6 is 0 Å². The second-order valence-corrected chi connectivity index (χ2v) is 5.94. The Balaban J connectivity index is 1.96. The molecule has 94 valence electrons. The molecule has 0 spiro atoms. The quantitative estimate of drug-likeness (QED) is 0.759. The van der Waals surface area contributed by atoms with E-state index in [-0.39, 0.29) is 6.04 Å². The number of aliphatic hydroxyl groups is 1. The van der Waals surface area contributed by atoms with Gasteiger partial charge in [0.15, 0.2) is 0 Å². The Bertz CT molecular complexity index is 203. The molecule has 2 aliphatic carbocycles. The Hall–Kier alpha value is -0.0800. The van der Waals surface area contributed by atoms with E-state index in [2.05, 4.69) is 0 Å². The van der Waals surface area contributed by atoms with Crippen LogP contribution in [0.4, 0.5) is 0 Å². The van der Waals surface area contributed by atoms with Crippen LogP contribution < -0.4 is 5.73 Å². The summed E-state index contributed by atoms with van der Waals surface area (Å²) in [4.78, 5) is 0. The minimum absolute atomic E-state index is 0.0353. The van der Waals surface area contributed by atoms with Gasteiger partial charge >= 0.3 is 0 Å². The standard InChI is InChI=1S/C14H27NO/c15-13(12-8-4-5-9-12)14(16)10-6-2-1-3-7-11-14/h12-13,16H,1-11,15H2. The lowest BCUT2D eigenvalue weighted by Crippen LogP contribution is -2.52. The molecular weight excluding hydrogens is 198 g/mol. The lowest BCUT2D eigenvalue weighted by molar-refractivity contribution is -0.0263. The molecule has 2 saturated carbocycles. The first kappa shape index (κ1) is 12.4. The monoisotopic (exact) mass is 225 g/mol. The lowest BCUT2D eigenvalue weighted by Gasteiger charge is -2.38. The lowest BCUT2D eigenvalue weighted by atomic mass is 9.76. The first-order chi connectivity index (χ1) is 7.72. The van der Waals surface area contributed by atoms with Crippen LogP contribution in [0, 0.1) is 5.92 Å². The van der Waals surface area contributed by atoms with Crippen molar-refractivity contribution in [3.05, 3.63) is 0 Å². The summed E-state index contributed by atoms with van der Waals surface area (Å²) in [5.74, 6) is 0.587. The minimum Gasteiger partial charge on any atom is -0.388 e. The van der Waals surface area contributed by atoms with Crippen LogP contribution in [0.25, 0.3) is 0 Å². The van der Waals surface area contributed by atoms with E-state index < -0.39 is 5.60 Å². The molecule has 2 fully saturated rings. The van der Waals surface area contributed by atoms with Gasteiger partial charge in [-0.25, -0.2) is 0 Å². The predicted molar refractivity (Wildman–Crippen MR) is 67.2 cm³/mol. The van der Waals surface area contributed by atoms with Crippen molar-refractivity contribution in [2.75, 3.05) is 0 Å². The molecule has 0 aromatic carbocycles. The van der Waals surface area contributed by atoms with Gasteiger partial charge in [-0.2, -0.15) is 0 Å². The smallest absolute Gasteiger partial charge is 0.0800 e. The summed E-state index contributed by atoms with van der Waals surface area (Å²) in [5.41, 5.74) is 5.81. The van der Waals surface area contributed by atoms with Crippen LogP contribution in [0.3, 0.4) is 0 Å². The highest BCUT2D eigenvalue weighted by Gasteiger charge is 2.39. The maximum Gasteiger partial charge on any atom is 0.0800 e. The molecule has 0 aromatic rings. The molecule has 3 N–H and O–H groups in total. The van der Waals surface area contributed by atoms with Crippen LogP contribution in [0.15, 0.2) is 0 Å². The number of rotatable bonds is 2. The second kappa shape index (κ2) is 5.50. The van der Waals surface area contributed by atoms with Crippen molar-refractivity contribution in [1.82, 2.24) is 0 Å². The fraction of sp³-hybridized carbons (Fsp3) is 1.00. The van der Waals surface area contributed by atoms with Gasteiger partial charge in [-0.15, -0.1) is 0 Å². The summed E-state index contributed by atoms with van der Waals surface area (Å²) in [5, 5.41) is 10.8. The fourth-order valence-electron chi connectivity index (χ4n) is 3.61. The molecule has 2 heteroatoms. The number of hydrogen-bond donors (Lipinski definition) is 2. The van der Waals surface area contributed by atoms with E-state index in [1.807, 2.05) is 0 Å². The summed E-state index contributed by atoms with van der Waals surface area (Å²) in [7, 11) is 0. The normalized spacial score (nSPS) is 29.6. The zero-order valence-electron chi connectivity index (χ0n) is 10.5. The van der Waals surface area contributed by atoms with Crippen molar-refractivity contribution < 1.29 is 5.11 Å². The van der Waals surface area contributed by atoms with Gasteiger partial charge in [-0.05, 0) is 31.6 Å². The molecule has 2 rings (SSSR count). The van der Waals surface area contributed by atoms with E-state index >= 15 is 0 Å². The molecule has 0 aromatic heterocycles. The zero-order chi connectivity index (χ0) is 11.4. The highest BCUT2D eigenvalue weighted by Crippen LogP contribution is 2.36. The molecule has 0 aliphatic heterocycles. The van der Waals surface area contributed by atoms with Gasteiger partial charge < -0.3 is 10.8 Å². The van der Waals surface area contributed by atoms with Gasteiger partial charge in [0.25, 0.3) is 0 Å². The number of hydrogen-bond acceptors (Lipinski definition) is 2. The first-order valence-corrected chi connectivity index (χ1v) is 7.20. The molecule has 0 bridgehead atoms. The summed E-state index contributed by atoms with van der Waals surface area (Å²) in [6.07, 6.45) is 13.2. The van der Waals surface area contributed by atoms with Gasteiger partial charge in [-0.1, -0.05) is 44.9 Å². The van der Waals surface area contributed by atoms with Crippen LogP contribution in [0.2, 0.25) is 0 Å². The number of nitrogens with two attached hydrogens (primary N) is 1. The van der Waals surface area contributed by atoms with E-state index in [0.29, 0.717) is 5.92 Å². The average Bonchev–Trinajstić information content (AvgIpc) is 2.76. The molecule has 16 heavy (non-hydrogen) atoms. The van der Waals surface area contributed by atoms with Gasteiger partial charge in [0, 0.05) is 6.04 Å². The van der Waals surface area contributed by atoms with Crippen LogP contribution in [0.1, 0.15) is 70.6 Å². The van der Waals surface area contributed by atoms with Gasteiger partial charge in [0.2, 0.25) is 0 Å². The molecule has 2 aliphatic rings. The molecule has 1 unspecified atom stereocenters. The Morgan fingerprint density at radius 3 is 1.94 bits per heavy atom. The first-order valence-electron chi connectivity index (χ1n) is 7.20. The maximum absolute atomic E-state index is 10.8. The van der Waals surface area contributed by atoms with E-state index in [0.717, 1.165) is 25.7 Å². The largest absolute Gasteiger partial charge is 0.388 e. The summed E-state index contributed by atoms with van der Waals surface area (Å²) in [6, 6.07) is 0.0353. The van der Waals surface area contributed by atoms with Crippen molar-refractivity contribution in [2.24, 2.45) is 11.7 Å². The molecule has 0 heterocycles. The predicted octanol–water partition coefficient (Wildman–Crippen LogP) is 2.98. The van der Waals surface area contributed by atoms with Crippen molar-refractivity contribution in [3.8, 4) is 0 Å². The Labute approximate surface area is 99.6 Å². The van der Waals surface area contributed by atoms with Crippen LogP contribution in [-0.4, -0.2) is 16.7 Å². The SMILES string of the molecule is NC(C1CCCC1)C1(O)CCCCCCC1. The maximum atomic E-state index is 10.8. The van der Waals surface area contributed by atoms with Gasteiger partial charge in [0.1, 0.15) is 0 Å². The summed E-state index contributed by atoms with van der Waals surface area (Å²) < 4.78 is 0. The summed E-state index contributed by atoms with van der Waals surface area (Å²) in [6.45, 7) is 0. The van der Waals surface area contributed by atoms with Crippen molar-refractivity contribution in [3.63, 3.8) is 0 Å². The zero-order valence-corrected chi connectivity index (χ0v) is 10.5. The highest BCUT2D eigenvalue weighted by atomic mass is 16.3. The molecule has 2 nitrogen and oxygen atoms in total. The van der Waals surface area contributed by atoms with E-state index in [1.54, 1.807) is 0 Å².